The Kier molecular flexibility index (Phi) is 14.7. The largest absolute Gasteiger partial charge is 0.386 e. The van der Waals surface area contributed by atoms with Crippen molar-refractivity contribution in [2.75, 3.05) is 6.54 Å². The van der Waals surface area contributed by atoms with E-state index in [0.29, 0.717) is 6.54 Å². The summed E-state index contributed by atoms with van der Waals surface area (Å²) in [6.45, 7) is 2.85. The Morgan fingerprint density at radius 3 is 1.74 bits per heavy atom. The molecule has 1 amide bonds. The Morgan fingerprint density at radius 1 is 0.839 bits per heavy atom. The molecule has 0 radical (unpaired) electrons. The van der Waals surface area contributed by atoms with E-state index in [1.165, 1.54) is 77.0 Å². The quantitative estimate of drug-likeness (QED) is 0.133. The normalized spacial score (nSPS) is 13.0. The molecule has 0 fully saturated rings. The summed E-state index contributed by atoms with van der Waals surface area (Å²) in [5, 5.41) is 10.7. The van der Waals surface area contributed by atoms with Gasteiger partial charge in [-0.05, 0) is 12.0 Å². The van der Waals surface area contributed by atoms with Crippen molar-refractivity contribution in [1.82, 2.24) is 5.32 Å². The predicted molar refractivity (Wildman–Crippen MR) is 132 cm³/mol. The van der Waals surface area contributed by atoms with Gasteiger partial charge < -0.3 is 16.8 Å². The molecular weight excluding hydrogens is 384 g/mol. The zero-order valence-corrected chi connectivity index (χ0v) is 19.8. The Labute approximate surface area is 190 Å². The molecule has 0 heterocycles. The standard InChI is InChI=1S/C26H46N4O/c1-2-3-4-5-6-7-8-9-10-11-12-13-14-18-21-30-25(31)26(29,24(27)28)22-23-19-16-15-17-20-23/h15-17,19-20H,2-14,18,21-22,29H2,1H3,(H3,27,28)(H,30,31)/t26-/m1/s1. The van der Waals surface area contributed by atoms with Gasteiger partial charge in [-0.3, -0.25) is 10.2 Å². The summed E-state index contributed by atoms with van der Waals surface area (Å²) in [4.78, 5) is 12.6. The lowest BCUT2D eigenvalue weighted by molar-refractivity contribution is -0.124. The third-order valence-corrected chi connectivity index (χ3v) is 6.03. The minimum Gasteiger partial charge on any atom is -0.386 e. The molecule has 0 aliphatic carbocycles. The third-order valence-electron chi connectivity index (χ3n) is 6.03. The number of amidine groups is 1. The average Bonchev–Trinajstić information content (AvgIpc) is 2.76. The van der Waals surface area contributed by atoms with Gasteiger partial charge in [0, 0.05) is 13.0 Å². The average molecular weight is 431 g/mol. The van der Waals surface area contributed by atoms with Gasteiger partial charge in [0.05, 0.1) is 0 Å². The monoisotopic (exact) mass is 430 g/mol. The molecule has 5 nitrogen and oxygen atoms in total. The van der Waals surface area contributed by atoms with Crippen molar-refractivity contribution in [2.45, 2.75) is 109 Å². The maximum Gasteiger partial charge on any atom is 0.248 e. The molecule has 1 aromatic rings. The first-order chi connectivity index (χ1) is 15.0. The molecule has 0 aliphatic rings. The number of hydrogen-bond donors (Lipinski definition) is 4. The predicted octanol–water partition coefficient (Wildman–Crippen LogP) is 5.46. The summed E-state index contributed by atoms with van der Waals surface area (Å²) in [5.41, 5.74) is 11.3. The van der Waals surface area contributed by atoms with Gasteiger partial charge in [0.2, 0.25) is 5.91 Å². The highest BCUT2D eigenvalue weighted by atomic mass is 16.2. The van der Waals surface area contributed by atoms with E-state index in [9.17, 15) is 4.79 Å². The van der Waals surface area contributed by atoms with Crippen LogP contribution in [0.2, 0.25) is 0 Å². The molecule has 1 rings (SSSR count). The number of carbonyl (C=O) groups excluding carboxylic acids is 1. The highest BCUT2D eigenvalue weighted by Crippen LogP contribution is 2.14. The Hall–Kier alpha value is -1.88. The molecule has 31 heavy (non-hydrogen) atoms. The molecule has 1 aromatic carbocycles. The molecule has 6 N–H and O–H groups in total. The Morgan fingerprint density at radius 2 is 1.29 bits per heavy atom. The molecular formula is C26H46N4O. The molecule has 0 aromatic heterocycles. The lowest BCUT2D eigenvalue weighted by atomic mass is 9.89. The van der Waals surface area contributed by atoms with Crippen molar-refractivity contribution in [1.29, 1.82) is 5.41 Å². The van der Waals surface area contributed by atoms with E-state index in [1.807, 2.05) is 30.3 Å². The molecule has 0 bridgehead atoms. The van der Waals surface area contributed by atoms with Crippen molar-refractivity contribution < 1.29 is 4.79 Å². The van der Waals surface area contributed by atoms with E-state index in [2.05, 4.69) is 12.2 Å². The zero-order chi connectivity index (χ0) is 22.8. The van der Waals surface area contributed by atoms with Crippen molar-refractivity contribution >= 4 is 11.7 Å². The first kappa shape index (κ1) is 27.2. The summed E-state index contributed by atoms with van der Waals surface area (Å²) in [7, 11) is 0. The molecule has 0 saturated heterocycles. The summed E-state index contributed by atoms with van der Waals surface area (Å²) >= 11 is 0. The second-order valence-corrected chi connectivity index (χ2v) is 8.90. The van der Waals surface area contributed by atoms with Gasteiger partial charge in [-0.15, -0.1) is 0 Å². The van der Waals surface area contributed by atoms with Crippen LogP contribution < -0.4 is 16.8 Å². The van der Waals surface area contributed by atoms with Crippen LogP contribution in [0.3, 0.4) is 0 Å². The minimum absolute atomic E-state index is 0.230. The zero-order valence-electron chi connectivity index (χ0n) is 19.8. The van der Waals surface area contributed by atoms with Crippen LogP contribution in [0.15, 0.2) is 30.3 Å². The molecule has 176 valence electrons. The fraction of sp³-hybridized carbons (Fsp3) is 0.692. The second kappa shape index (κ2) is 16.8. The smallest absolute Gasteiger partial charge is 0.248 e. The topological polar surface area (TPSA) is 105 Å². The van der Waals surface area contributed by atoms with Crippen LogP contribution in [0.5, 0.6) is 0 Å². The maximum atomic E-state index is 12.6. The lowest BCUT2D eigenvalue weighted by Crippen LogP contribution is -2.63. The Bertz CT molecular complexity index is 605. The van der Waals surface area contributed by atoms with Gasteiger partial charge in [-0.25, -0.2) is 0 Å². The summed E-state index contributed by atoms with van der Waals surface area (Å²) in [6, 6.07) is 9.48. The van der Waals surface area contributed by atoms with E-state index >= 15 is 0 Å². The highest BCUT2D eigenvalue weighted by Gasteiger charge is 2.37. The molecule has 0 saturated carbocycles. The summed E-state index contributed by atoms with van der Waals surface area (Å²) in [6.07, 6.45) is 18.5. The van der Waals surface area contributed by atoms with E-state index in [-0.39, 0.29) is 18.2 Å². The van der Waals surface area contributed by atoms with E-state index in [0.717, 1.165) is 18.4 Å². The van der Waals surface area contributed by atoms with E-state index in [1.54, 1.807) is 0 Å². The van der Waals surface area contributed by atoms with Gasteiger partial charge in [0.25, 0.3) is 0 Å². The summed E-state index contributed by atoms with van der Waals surface area (Å²) in [5.74, 6) is -0.659. The van der Waals surface area contributed by atoms with Crippen molar-refractivity contribution in [2.24, 2.45) is 11.5 Å². The van der Waals surface area contributed by atoms with Crippen LogP contribution in [0.1, 0.15) is 102 Å². The molecule has 0 unspecified atom stereocenters. The number of nitrogens with two attached hydrogens (primary N) is 2. The van der Waals surface area contributed by atoms with Gasteiger partial charge in [0.1, 0.15) is 5.84 Å². The number of nitrogens with one attached hydrogen (secondary N) is 2. The van der Waals surface area contributed by atoms with Crippen LogP contribution in [0, 0.1) is 5.41 Å². The van der Waals surface area contributed by atoms with E-state index in [4.69, 9.17) is 16.9 Å². The minimum atomic E-state index is -1.49. The van der Waals surface area contributed by atoms with Crippen LogP contribution in [0.4, 0.5) is 0 Å². The van der Waals surface area contributed by atoms with Crippen LogP contribution >= 0.6 is 0 Å². The molecule has 5 heteroatoms. The van der Waals surface area contributed by atoms with Crippen LogP contribution in [0.25, 0.3) is 0 Å². The number of carbonyl (C=O) groups is 1. The lowest BCUT2D eigenvalue weighted by Gasteiger charge is -2.27. The molecule has 0 aliphatic heterocycles. The fourth-order valence-corrected chi connectivity index (χ4v) is 3.89. The SMILES string of the molecule is CCCCCCCCCCCCCCCCNC(=O)[C@@](N)(Cc1ccccc1)C(=N)N. The summed E-state index contributed by atoms with van der Waals surface area (Å²) < 4.78 is 0. The van der Waals surface area contributed by atoms with Gasteiger partial charge >= 0.3 is 0 Å². The Balaban J connectivity index is 2.06. The number of hydrogen-bond acceptors (Lipinski definition) is 3. The van der Waals surface area contributed by atoms with Crippen molar-refractivity contribution in [3.63, 3.8) is 0 Å². The maximum absolute atomic E-state index is 12.6. The first-order valence-electron chi connectivity index (χ1n) is 12.5. The van der Waals surface area contributed by atoms with Gasteiger partial charge in [-0.2, -0.15) is 0 Å². The second-order valence-electron chi connectivity index (χ2n) is 8.90. The van der Waals surface area contributed by atoms with Crippen LogP contribution in [-0.4, -0.2) is 23.8 Å². The van der Waals surface area contributed by atoms with E-state index < -0.39 is 5.54 Å². The van der Waals surface area contributed by atoms with Crippen molar-refractivity contribution in [3.05, 3.63) is 35.9 Å². The number of amides is 1. The molecule has 1 atom stereocenters. The number of unbranched alkanes of at least 4 members (excludes halogenated alkanes) is 13. The van der Waals surface area contributed by atoms with Gasteiger partial charge in [-0.1, -0.05) is 121 Å². The highest BCUT2D eigenvalue weighted by molar-refractivity contribution is 6.10. The first-order valence-corrected chi connectivity index (χ1v) is 12.5. The van der Waals surface area contributed by atoms with Crippen molar-refractivity contribution in [3.8, 4) is 0 Å². The number of rotatable bonds is 19. The fourth-order valence-electron chi connectivity index (χ4n) is 3.89. The molecule has 0 spiro atoms. The third kappa shape index (κ3) is 11.9. The van der Waals surface area contributed by atoms with Gasteiger partial charge in [0.15, 0.2) is 5.54 Å². The van der Waals surface area contributed by atoms with Crippen LogP contribution in [-0.2, 0) is 11.2 Å². The number of benzene rings is 1.